The number of phenolic OH excluding ortho intramolecular Hbond substituents is 1. The van der Waals surface area contributed by atoms with Gasteiger partial charge in [0.15, 0.2) is 0 Å². The fraction of sp³-hybridized carbons (Fsp3) is 0.500. The minimum atomic E-state index is -4.85. The summed E-state index contributed by atoms with van der Waals surface area (Å²) in [6.45, 7) is 2.48. The van der Waals surface area contributed by atoms with Crippen molar-refractivity contribution in [2.75, 3.05) is 6.54 Å². The number of hydrogen-bond donors (Lipinski definition) is 3. The maximum Gasteiger partial charge on any atom is 0.416 e. The van der Waals surface area contributed by atoms with E-state index >= 15 is 0 Å². The number of amidine groups is 1. The van der Waals surface area contributed by atoms with Crippen LogP contribution < -0.4 is 10.6 Å². The standard InChI is InChI=1S/C28H29ClF6N4O4S/c1-24(2)21(22(41)36-10-9-27(30,31)32)37-23(38-24)25-13-26(14-25,15-25)39(12-16-3-6-18(29)7-4-16)44(42,43)20-11-17(28(33,34)35)5-8-19(20)40/h3-8,11,21,40H,9-10,12-15H2,1-2H3,(H,36,41)(H,37,38)/t21-,25?,26?/m0/s1. The van der Waals surface area contributed by atoms with Gasteiger partial charge in [-0.2, -0.15) is 30.6 Å². The summed E-state index contributed by atoms with van der Waals surface area (Å²) in [6.07, 6.45) is -9.82. The molecule has 240 valence electrons. The zero-order chi connectivity index (χ0) is 32.5. The number of benzene rings is 2. The molecule has 2 aromatic rings. The van der Waals surface area contributed by atoms with Gasteiger partial charge in [-0.15, -0.1) is 0 Å². The Bertz CT molecular complexity index is 1590. The summed E-state index contributed by atoms with van der Waals surface area (Å²) in [5.74, 6) is -1.07. The molecule has 3 saturated carbocycles. The number of nitrogens with zero attached hydrogens (tertiary/aromatic N) is 2. The Balaban J connectivity index is 1.40. The van der Waals surface area contributed by atoms with E-state index in [0.717, 1.165) is 4.31 Å². The number of alkyl halides is 6. The lowest BCUT2D eigenvalue weighted by Crippen LogP contribution is -2.78. The van der Waals surface area contributed by atoms with Crippen LogP contribution in [0.15, 0.2) is 52.4 Å². The number of amides is 1. The van der Waals surface area contributed by atoms with Crippen molar-refractivity contribution >= 4 is 33.4 Å². The number of carbonyl (C=O) groups is 1. The molecule has 2 bridgehead atoms. The average molecular weight is 667 g/mol. The number of aliphatic imine (C=N–C) groups is 1. The summed E-state index contributed by atoms with van der Waals surface area (Å²) in [4.78, 5) is 16.5. The number of carbonyl (C=O) groups excluding carboxylic acids is 1. The van der Waals surface area contributed by atoms with Gasteiger partial charge < -0.3 is 15.7 Å². The normalized spacial score (nSPS) is 26.0. The lowest BCUT2D eigenvalue weighted by Gasteiger charge is -2.72. The second-order valence-electron chi connectivity index (χ2n) is 12.2. The van der Waals surface area contributed by atoms with Crippen LogP contribution >= 0.6 is 11.6 Å². The Morgan fingerprint density at radius 2 is 1.70 bits per heavy atom. The van der Waals surface area contributed by atoms with Crippen LogP contribution in [-0.4, -0.2) is 59.4 Å². The highest BCUT2D eigenvalue weighted by Gasteiger charge is 2.75. The molecule has 8 nitrogen and oxygen atoms in total. The predicted octanol–water partition coefficient (Wildman–Crippen LogP) is 5.40. The van der Waals surface area contributed by atoms with E-state index in [4.69, 9.17) is 11.6 Å². The minimum Gasteiger partial charge on any atom is -0.507 e. The zero-order valence-corrected chi connectivity index (χ0v) is 25.1. The van der Waals surface area contributed by atoms with Crippen LogP contribution in [0.25, 0.3) is 0 Å². The lowest BCUT2D eigenvalue weighted by atomic mass is 9.38. The minimum absolute atomic E-state index is 0.219. The molecule has 1 amide bonds. The highest BCUT2D eigenvalue weighted by Crippen LogP contribution is 2.71. The van der Waals surface area contributed by atoms with Crippen LogP contribution in [0.3, 0.4) is 0 Å². The number of sulfonamides is 1. The van der Waals surface area contributed by atoms with Crippen molar-refractivity contribution in [1.29, 1.82) is 0 Å². The first-order valence-electron chi connectivity index (χ1n) is 13.6. The molecule has 2 aromatic carbocycles. The fourth-order valence-corrected chi connectivity index (χ4v) is 8.31. The fourth-order valence-electron chi connectivity index (χ4n) is 6.31. The van der Waals surface area contributed by atoms with E-state index in [0.29, 0.717) is 34.6 Å². The first-order chi connectivity index (χ1) is 20.2. The summed E-state index contributed by atoms with van der Waals surface area (Å²) >= 11 is 5.98. The molecule has 16 heteroatoms. The molecule has 1 aliphatic heterocycles. The lowest BCUT2D eigenvalue weighted by molar-refractivity contribution is -0.151. The van der Waals surface area contributed by atoms with Crippen LogP contribution in [0.2, 0.25) is 5.02 Å². The van der Waals surface area contributed by atoms with E-state index in [-0.39, 0.29) is 25.8 Å². The third-order valence-electron chi connectivity index (χ3n) is 8.49. The van der Waals surface area contributed by atoms with Gasteiger partial charge in [-0.25, -0.2) is 8.42 Å². The van der Waals surface area contributed by atoms with Crippen molar-refractivity contribution in [3.63, 3.8) is 0 Å². The third-order valence-corrected chi connectivity index (χ3v) is 10.7. The Kier molecular flexibility index (Phi) is 7.73. The number of nitrogens with one attached hydrogen (secondary N) is 2. The van der Waals surface area contributed by atoms with Gasteiger partial charge in [-0.05, 0) is 69.0 Å². The van der Waals surface area contributed by atoms with Crippen molar-refractivity contribution < 1.29 is 44.7 Å². The van der Waals surface area contributed by atoms with E-state index in [1.165, 1.54) is 0 Å². The Morgan fingerprint density at radius 3 is 2.27 bits per heavy atom. The highest BCUT2D eigenvalue weighted by molar-refractivity contribution is 7.89. The molecule has 0 aromatic heterocycles. The monoisotopic (exact) mass is 666 g/mol. The van der Waals surface area contributed by atoms with Gasteiger partial charge in [0.05, 0.1) is 17.5 Å². The van der Waals surface area contributed by atoms with Gasteiger partial charge in [0.2, 0.25) is 15.9 Å². The topological polar surface area (TPSA) is 111 Å². The Hall–Kier alpha value is -3.04. The molecule has 4 aliphatic rings. The van der Waals surface area contributed by atoms with Crippen molar-refractivity contribution in [2.45, 2.75) is 80.4 Å². The molecular weight excluding hydrogens is 638 g/mol. The van der Waals surface area contributed by atoms with E-state index in [1.807, 2.05) is 0 Å². The van der Waals surface area contributed by atoms with Crippen LogP contribution in [-0.2, 0) is 27.5 Å². The number of hydrogen-bond acceptors (Lipinski definition) is 6. The van der Waals surface area contributed by atoms with Crippen LogP contribution in [0.1, 0.15) is 50.7 Å². The molecular formula is C28H29ClF6N4O4S. The largest absolute Gasteiger partial charge is 0.507 e. The quantitative estimate of drug-likeness (QED) is 0.311. The molecule has 1 heterocycles. The second kappa shape index (κ2) is 10.5. The smallest absolute Gasteiger partial charge is 0.416 e. The first kappa shape index (κ1) is 32.4. The third kappa shape index (κ3) is 5.85. The van der Waals surface area contributed by atoms with E-state index in [9.17, 15) is 44.7 Å². The summed E-state index contributed by atoms with van der Waals surface area (Å²) in [5, 5.41) is 16.1. The molecule has 1 atom stereocenters. The van der Waals surface area contributed by atoms with Gasteiger partial charge in [0.1, 0.15) is 22.5 Å². The maximum atomic E-state index is 14.0. The SMILES string of the molecule is CC1(C)N=C(C23CC(N(Cc4ccc(Cl)cc4)S(=O)(=O)c4cc(C(F)(F)F)ccc4O)(C2)C3)N[C@H]1C(=O)NCCC(F)(F)F. The van der Waals surface area contributed by atoms with Gasteiger partial charge in [-0.1, -0.05) is 23.7 Å². The Labute approximate surface area is 254 Å². The maximum absolute atomic E-state index is 14.0. The number of rotatable bonds is 9. The molecule has 0 unspecified atom stereocenters. The second-order valence-corrected chi connectivity index (χ2v) is 14.5. The molecule has 0 radical (unpaired) electrons. The van der Waals surface area contributed by atoms with Crippen molar-refractivity contribution in [1.82, 2.24) is 14.9 Å². The van der Waals surface area contributed by atoms with Crippen LogP contribution in [0.4, 0.5) is 26.3 Å². The number of halogens is 7. The summed E-state index contributed by atoms with van der Waals surface area (Å²) in [5.41, 5.74) is -3.43. The van der Waals surface area contributed by atoms with E-state index in [1.54, 1.807) is 38.1 Å². The Morgan fingerprint density at radius 1 is 1.09 bits per heavy atom. The molecule has 3 fully saturated rings. The summed E-state index contributed by atoms with van der Waals surface area (Å²) < 4.78 is 107. The van der Waals surface area contributed by atoms with Gasteiger partial charge in [0, 0.05) is 29.1 Å². The van der Waals surface area contributed by atoms with Gasteiger partial charge >= 0.3 is 12.4 Å². The highest BCUT2D eigenvalue weighted by atomic mass is 35.5. The summed E-state index contributed by atoms with van der Waals surface area (Å²) in [6, 6.07) is 7.00. The molecule has 0 saturated heterocycles. The molecule has 6 rings (SSSR count). The molecule has 0 spiro atoms. The van der Waals surface area contributed by atoms with Crippen LogP contribution in [0.5, 0.6) is 5.75 Å². The zero-order valence-electron chi connectivity index (χ0n) is 23.5. The molecule has 44 heavy (non-hydrogen) atoms. The van der Waals surface area contributed by atoms with Gasteiger partial charge in [-0.3, -0.25) is 9.79 Å². The van der Waals surface area contributed by atoms with E-state index < -0.39 is 80.0 Å². The van der Waals surface area contributed by atoms with Crippen molar-refractivity contribution in [3.05, 3.63) is 58.6 Å². The predicted molar refractivity (Wildman–Crippen MR) is 148 cm³/mol. The first-order valence-corrected chi connectivity index (χ1v) is 15.4. The van der Waals surface area contributed by atoms with Crippen molar-refractivity contribution in [2.24, 2.45) is 10.4 Å². The molecule has 3 aliphatic carbocycles. The number of aromatic hydroxyl groups is 1. The molecule has 3 N–H and O–H groups in total. The van der Waals surface area contributed by atoms with Gasteiger partial charge in [0.25, 0.3) is 0 Å². The van der Waals surface area contributed by atoms with Crippen molar-refractivity contribution in [3.8, 4) is 5.75 Å². The van der Waals surface area contributed by atoms with Crippen LogP contribution in [0, 0.1) is 5.41 Å². The summed E-state index contributed by atoms with van der Waals surface area (Å²) in [7, 11) is -4.69. The number of phenols is 1. The van der Waals surface area contributed by atoms with E-state index in [2.05, 4.69) is 15.6 Å². The average Bonchev–Trinajstić information content (AvgIpc) is 3.16.